The average molecular weight is 452 g/mol. The first-order valence-corrected chi connectivity index (χ1v) is 9.03. The Kier molecular flexibility index (Phi) is 5.63. The van der Waals surface area contributed by atoms with Crippen LogP contribution in [0.5, 0.6) is 11.5 Å². The number of amidine groups is 1. The Morgan fingerprint density at radius 1 is 1.41 bits per heavy atom. The van der Waals surface area contributed by atoms with Crippen molar-refractivity contribution in [1.29, 1.82) is 5.26 Å². The molecule has 0 aromatic heterocycles. The minimum absolute atomic E-state index is 0.0350. The Labute approximate surface area is 168 Å². The van der Waals surface area contributed by atoms with Crippen molar-refractivity contribution < 1.29 is 13.9 Å². The molecule has 2 aromatic rings. The van der Waals surface area contributed by atoms with Gasteiger partial charge in [-0.15, -0.1) is 0 Å². The molecule has 0 spiro atoms. The van der Waals surface area contributed by atoms with Crippen molar-refractivity contribution in [2.24, 2.45) is 5.10 Å². The average Bonchev–Trinajstić information content (AvgIpc) is 2.63. The molecule has 0 bridgehead atoms. The van der Waals surface area contributed by atoms with Crippen LogP contribution in [-0.2, 0) is 11.2 Å². The van der Waals surface area contributed by atoms with Gasteiger partial charge < -0.3 is 10.1 Å². The lowest BCUT2D eigenvalue weighted by molar-refractivity contribution is -0.122. The minimum atomic E-state index is -0.586. The molecule has 0 fully saturated rings. The number of nitriles is 1. The van der Waals surface area contributed by atoms with Gasteiger partial charge in [-0.25, -0.2) is 9.82 Å². The number of carbonyl (C=O) groups excluding carboxylic acids is 1. The van der Waals surface area contributed by atoms with Gasteiger partial charge in [0.25, 0.3) is 5.91 Å². The third kappa shape index (κ3) is 4.38. The summed E-state index contributed by atoms with van der Waals surface area (Å²) in [5, 5.41) is 16.2. The number of rotatable bonds is 4. The summed E-state index contributed by atoms with van der Waals surface area (Å²) in [5.74, 6) is -0.203. The highest BCUT2D eigenvalue weighted by Crippen LogP contribution is 2.35. The molecule has 1 unspecified atom stereocenters. The van der Waals surface area contributed by atoms with Crippen LogP contribution in [0.1, 0.15) is 18.1 Å². The minimum Gasteiger partial charge on any atom is -0.453 e. The van der Waals surface area contributed by atoms with Crippen LogP contribution in [0.4, 0.5) is 4.39 Å². The maximum Gasteiger partial charge on any atom is 0.262 e. The predicted octanol–water partition coefficient (Wildman–Crippen LogP) is 3.87. The quantitative estimate of drug-likeness (QED) is 0.739. The van der Waals surface area contributed by atoms with Crippen molar-refractivity contribution in [3.05, 3.63) is 56.8 Å². The van der Waals surface area contributed by atoms with Gasteiger partial charge in [-0.05, 0) is 52.7 Å². The third-order valence-corrected chi connectivity index (χ3v) is 4.63. The van der Waals surface area contributed by atoms with E-state index in [9.17, 15) is 4.79 Å². The van der Waals surface area contributed by atoms with E-state index in [0.717, 1.165) is 0 Å². The molecule has 138 valence electrons. The second-order valence-corrected chi connectivity index (χ2v) is 7.11. The molecule has 2 N–H and O–H groups in total. The maximum absolute atomic E-state index is 15.0. The number of halogens is 3. The summed E-state index contributed by atoms with van der Waals surface area (Å²) in [6.07, 6.45) is 0.138. The molecule has 0 radical (unpaired) electrons. The standard InChI is InChI=1S/C18H13BrClFN4O2/c1-9-18(26)25-24-15(23-9)6-11-2-3-14(19)17(16(11)21)27-13-5-10(8-22)4-12(20)7-13/h2-5,7,9H,6H2,1H3,(H,23,24)(H,25,26). The summed E-state index contributed by atoms with van der Waals surface area (Å²) in [7, 11) is 0. The normalized spacial score (nSPS) is 16.0. The fraction of sp³-hybridized carbons (Fsp3) is 0.167. The van der Waals surface area contributed by atoms with Crippen LogP contribution in [0.15, 0.2) is 39.9 Å². The first-order valence-electron chi connectivity index (χ1n) is 7.85. The number of hydrogen-bond acceptors (Lipinski definition) is 5. The van der Waals surface area contributed by atoms with E-state index in [1.165, 1.54) is 18.2 Å². The molecule has 0 aliphatic carbocycles. The molecular weight excluding hydrogens is 439 g/mol. The van der Waals surface area contributed by atoms with E-state index in [4.69, 9.17) is 21.6 Å². The Balaban J connectivity index is 1.89. The van der Waals surface area contributed by atoms with Gasteiger partial charge in [-0.3, -0.25) is 4.79 Å². The number of ether oxygens (including phenoxy) is 1. The zero-order chi connectivity index (χ0) is 19.6. The fourth-order valence-electron chi connectivity index (χ4n) is 2.45. The van der Waals surface area contributed by atoms with Gasteiger partial charge in [0, 0.05) is 11.4 Å². The zero-order valence-corrected chi connectivity index (χ0v) is 16.4. The van der Waals surface area contributed by atoms with Crippen molar-refractivity contribution in [2.75, 3.05) is 0 Å². The summed E-state index contributed by atoms with van der Waals surface area (Å²) in [5.41, 5.74) is 3.01. The van der Waals surface area contributed by atoms with Crippen LogP contribution in [0.2, 0.25) is 5.02 Å². The second-order valence-electron chi connectivity index (χ2n) is 5.82. The second kappa shape index (κ2) is 7.94. The molecule has 1 amide bonds. The van der Waals surface area contributed by atoms with Crippen LogP contribution in [0.25, 0.3) is 0 Å². The van der Waals surface area contributed by atoms with Gasteiger partial charge in [-0.1, -0.05) is 17.7 Å². The monoisotopic (exact) mass is 450 g/mol. The van der Waals surface area contributed by atoms with Crippen molar-refractivity contribution in [3.63, 3.8) is 0 Å². The number of benzene rings is 2. The Bertz CT molecular complexity index is 990. The van der Waals surface area contributed by atoms with Gasteiger partial charge in [0.1, 0.15) is 17.6 Å². The topological polar surface area (TPSA) is 86.5 Å². The summed E-state index contributed by atoms with van der Waals surface area (Å²) in [6, 6.07) is 9.20. The SMILES string of the molecule is CC1NC(Cc2ccc(Br)c(Oc3cc(Cl)cc(C#N)c3)c2F)=NNC1=O. The van der Waals surface area contributed by atoms with Crippen LogP contribution in [-0.4, -0.2) is 17.8 Å². The molecule has 1 aliphatic heterocycles. The number of hydrazone groups is 1. The molecular formula is C18H13BrClFN4O2. The van der Waals surface area contributed by atoms with E-state index in [2.05, 4.69) is 31.8 Å². The maximum atomic E-state index is 15.0. The highest BCUT2D eigenvalue weighted by atomic mass is 79.9. The zero-order valence-electron chi connectivity index (χ0n) is 14.0. The van der Waals surface area contributed by atoms with Crippen molar-refractivity contribution in [3.8, 4) is 17.6 Å². The van der Waals surface area contributed by atoms with Crippen LogP contribution in [0, 0.1) is 17.1 Å². The number of carbonyl (C=O) groups is 1. The molecule has 27 heavy (non-hydrogen) atoms. The van der Waals surface area contributed by atoms with E-state index in [0.29, 0.717) is 26.5 Å². The van der Waals surface area contributed by atoms with E-state index < -0.39 is 11.9 Å². The van der Waals surface area contributed by atoms with E-state index in [-0.39, 0.29) is 23.8 Å². The highest BCUT2D eigenvalue weighted by Gasteiger charge is 2.22. The fourth-order valence-corrected chi connectivity index (χ4v) is 3.06. The lowest BCUT2D eigenvalue weighted by atomic mass is 10.1. The lowest BCUT2D eigenvalue weighted by Crippen LogP contribution is -2.49. The predicted molar refractivity (Wildman–Crippen MR) is 102 cm³/mol. The molecule has 2 aromatic carbocycles. The van der Waals surface area contributed by atoms with Gasteiger partial charge in [0.2, 0.25) is 0 Å². The number of amides is 1. The third-order valence-electron chi connectivity index (χ3n) is 3.78. The molecule has 0 saturated carbocycles. The van der Waals surface area contributed by atoms with Gasteiger partial charge in [0.05, 0.1) is 16.1 Å². The molecule has 1 aliphatic rings. The molecule has 1 heterocycles. The largest absolute Gasteiger partial charge is 0.453 e. The Morgan fingerprint density at radius 2 is 2.19 bits per heavy atom. The smallest absolute Gasteiger partial charge is 0.262 e. The first kappa shape index (κ1) is 19.1. The molecule has 9 heteroatoms. The van der Waals surface area contributed by atoms with Crippen molar-refractivity contribution in [1.82, 2.24) is 10.7 Å². The van der Waals surface area contributed by atoms with Crippen molar-refractivity contribution in [2.45, 2.75) is 19.4 Å². The summed E-state index contributed by atoms with van der Waals surface area (Å²) in [6.45, 7) is 1.68. The summed E-state index contributed by atoms with van der Waals surface area (Å²) < 4.78 is 21.1. The van der Waals surface area contributed by atoms with Gasteiger partial charge in [-0.2, -0.15) is 10.4 Å². The Hall–Kier alpha value is -2.63. The number of nitrogens with zero attached hydrogens (tertiary/aromatic N) is 2. The highest BCUT2D eigenvalue weighted by molar-refractivity contribution is 9.10. The van der Waals surface area contributed by atoms with Crippen LogP contribution >= 0.6 is 27.5 Å². The van der Waals surface area contributed by atoms with Crippen molar-refractivity contribution >= 4 is 39.3 Å². The van der Waals surface area contributed by atoms with Gasteiger partial charge >= 0.3 is 0 Å². The first-order chi connectivity index (χ1) is 12.9. The molecule has 0 saturated heterocycles. The summed E-state index contributed by atoms with van der Waals surface area (Å²) >= 11 is 9.23. The molecule has 3 rings (SSSR count). The molecule has 1 atom stereocenters. The number of hydrogen-bond donors (Lipinski definition) is 2. The van der Waals surface area contributed by atoms with Crippen LogP contribution in [0.3, 0.4) is 0 Å². The van der Waals surface area contributed by atoms with E-state index in [1.54, 1.807) is 19.1 Å². The number of nitrogens with one attached hydrogen (secondary N) is 2. The van der Waals surface area contributed by atoms with Gasteiger partial charge in [0.15, 0.2) is 11.6 Å². The molecule has 6 nitrogen and oxygen atoms in total. The van der Waals surface area contributed by atoms with Crippen LogP contribution < -0.4 is 15.5 Å². The Morgan fingerprint density at radius 3 is 2.89 bits per heavy atom. The summed E-state index contributed by atoms with van der Waals surface area (Å²) in [4.78, 5) is 11.4. The van der Waals surface area contributed by atoms with E-state index >= 15 is 4.39 Å². The lowest BCUT2D eigenvalue weighted by Gasteiger charge is -2.21. The van der Waals surface area contributed by atoms with E-state index in [1.807, 2.05) is 6.07 Å².